The van der Waals surface area contributed by atoms with Gasteiger partial charge in [0.05, 0.1) is 24.5 Å². The number of carbonyl (C=O) groups is 2. The molecule has 2 amide bonds. The van der Waals surface area contributed by atoms with Crippen LogP contribution in [-0.4, -0.2) is 62.0 Å². The number of allylic oxidation sites excluding steroid dienone is 1. The Hall–Kier alpha value is -3.76. The molecule has 7 nitrogen and oxygen atoms in total. The molecule has 3 aliphatic rings. The minimum Gasteiger partial charge on any atom is -0.507 e. The van der Waals surface area contributed by atoms with Gasteiger partial charge >= 0.3 is 7.12 Å². The maximum absolute atomic E-state index is 13.7. The van der Waals surface area contributed by atoms with Gasteiger partial charge in [0.25, 0.3) is 8.32 Å². The number of hydrogen-bond donors (Lipinski definition) is 2. The molecule has 1 aliphatic carbocycles. The van der Waals surface area contributed by atoms with E-state index in [9.17, 15) is 19.7 Å². The van der Waals surface area contributed by atoms with E-state index in [2.05, 4.69) is 82.3 Å². The number of benzene rings is 3. The minimum absolute atomic E-state index is 0.151. The van der Waals surface area contributed by atoms with Crippen molar-refractivity contribution in [2.45, 2.75) is 91.1 Å². The molecule has 0 unspecified atom stereocenters. The number of nitrogens with zero attached hydrogens (tertiary/aromatic N) is 1. The molecule has 2 heterocycles. The number of rotatable bonds is 11. The van der Waals surface area contributed by atoms with E-state index < -0.39 is 33.4 Å². The van der Waals surface area contributed by atoms with Gasteiger partial charge in [-0.15, -0.1) is 0 Å². The lowest BCUT2D eigenvalue weighted by Gasteiger charge is -2.46. The number of phenolic OH excluding ortho intramolecular Hbond substituents is 1. The summed E-state index contributed by atoms with van der Waals surface area (Å²) < 4.78 is 13.9. The van der Waals surface area contributed by atoms with Gasteiger partial charge in [0.1, 0.15) is 5.75 Å². The van der Waals surface area contributed by atoms with Gasteiger partial charge in [0, 0.05) is 7.05 Å². The molecule has 0 radical (unpaired) electrons. The molecule has 274 valence electrons. The lowest BCUT2D eigenvalue weighted by molar-refractivity contribution is -0.138. The van der Waals surface area contributed by atoms with E-state index >= 15 is 0 Å². The number of carbonyl (C=O) groups excluding carboxylic acids is 2. The van der Waals surface area contributed by atoms with E-state index in [-0.39, 0.29) is 29.1 Å². The first-order valence-electron chi connectivity index (χ1n) is 18.9. The Labute approximate surface area is 311 Å². The van der Waals surface area contributed by atoms with Crippen LogP contribution in [0, 0.1) is 31.6 Å². The van der Waals surface area contributed by atoms with Gasteiger partial charge in [-0.3, -0.25) is 14.5 Å². The van der Waals surface area contributed by atoms with Crippen molar-refractivity contribution in [2.24, 2.45) is 17.8 Å². The van der Waals surface area contributed by atoms with Crippen molar-refractivity contribution < 1.29 is 28.8 Å². The molecule has 2 fully saturated rings. The molecule has 0 spiro atoms. The third-order valence-electron chi connectivity index (χ3n) is 11.6. The number of aromatic hydroxyl groups is 1. The quantitative estimate of drug-likeness (QED) is 0.126. The van der Waals surface area contributed by atoms with Crippen molar-refractivity contribution in [1.29, 1.82) is 0 Å². The van der Waals surface area contributed by atoms with Crippen LogP contribution >= 0.6 is 0 Å². The van der Waals surface area contributed by atoms with E-state index in [0.717, 1.165) is 47.1 Å². The largest absolute Gasteiger partial charge is 0.507 e. The molecule has 52 heavy (non-hydrogen) atoms. The lowest BCUT2D eigenvalue weighted by atomic mass is 9.58. The van der Waals surface area contributed by atoms with Crippen LogP contribution in [0.5, 0.6) is 5.75 Å². The van der Waals surface area contributed by atoms with Crippen LogP contribution in [0.3, 0.4) is 0 Å². The van der Waals surface area contributed by atoms with Gasteiger partial charge in [0.15, 0.2) is 0 Å². The molecule has 6 rings (SSSR count). The fourth-order valence-electron chi connectivity index (χ4n) is 9.23. The lowest BCUT2D eigenvalue weighted by Crippen LogP contribution is -2.66. The van der Waals surface area contributed by atoms with Crippen molar-refractivity contribution in [3.63, 3.8) is 0 Å². The summed E-state index contributed by atoms with van der Waals surface area (Å²) in [6.45, 7) is 13.1. The second kappa shape index (κ2) is 15.3. The van der Waals surface area contributed by atoms with Crippen molar-refractivity contribution >= 4 is 43.7 Å². The summed E-state index contributed by atoms with van der Waals surface area (Å²) >= 11 is 0. The van der Waals surface area contributed by atoms with E-state index in [1.807, 2.05) is 38.1 Å². The highest BCUT2D eigenvalue weighted by Crippen LogP contribution is 2.51. The van der Waals surface area contributed by atoms with E-state index in [1.165, 1.54) is 20.8 Å². The zero-order valence-electron chi connectivity index (χ0n) is 31.8. The average Bonchev–Trinajstić information content (AvgIpc) is 3.33. The van der Waals surface area contributed by atoms with Gasteiger partial charge in [-0.1, -0.05) is 106 Å². The van der Waals surface area contributed by atoms with Crippen molar-refractivity contribution in [1.82, 2.24) is 4.90 Å². The topological polar surface area (TPSA) is 96.3 Å². The monoisotopic (exact) mass is 719 g/mol. The van der Waals surface area contributed by atoms with Crippen LogP contribution < -0.4 is 10.4 Å². The van der Waals surface area contributed by atoms with Gasteiger partial charge in [0.2, 0.25) is 11.8 Å². The first kappa shape index (κ1) is 38.0. The fraction of sp³-hybridized carbons (Fsp3) is 0.442. The zero-order valence-corrected chi connectivity index (χ0v) is 32.8. The van der Waals surface area contributed by atoms with E-state index in [1.54, 1.807) is 7.05 Å². The van der Waals surface area contributed by atoms with Crippen molar-refractivity contribution in [3.8, 4) is 5.75 Å². The minimum atomic E-state index is -2.92. The summed E-state index contributed by atoms with van der Waals surface area (Å²) in [6.07, 6.45) is 5.74. The summed E-state index contributed by atoms with van der Waals surface area (Å²) in [5.41, 5.74) is 6.06. The molecule has 9 heteroatoms. The Morgan fingerprint density at radius 1 is 0.962 bits per heavy atom. The first-order valence-corrected chi connectivity index (χ1v) is 20.8. The second-order valence-corrected chi connectivity index (χ2v) is 20.4. The van der Waals surface area contributed by atoms with E-state index in [0.29, 0.717) is 25.2 Å². The SMILES string of the molecule is CCC/C(=C\c1cc(C)c(O)c(C)c1)CC[C@H]1OB(O)C[C@H]2C1=C(CO[Si](c1ccccc1)(c1ccccc1)C(C)(C)C)C[C@H]1C(=O)N(C)C(=O)[C@H]12. The Balaban J connectivity index is 1.42. The summed E-state index contributed by atoms with van der Waals surface area (Å²) in [4.78, 5) is 28.6. The normalized spacial score (nSPS) is 22.6. The molecular formula is C43H54BNO6Si. The molecular weight excluding hydrogens is 665 g/mol. The fourth-order valence-corrected chi connectivity index (χ4v) is 13.8. The highest BCUT2D eigenvalue weighted by molar-refractivity contribution is 6.99. The smallest absolute Gasteiger partial charge is 0.455 e. The molecule has 2 saturated heterocycles. The maximum Gasteiger partial charge on any atom is 0.455 e. The predicted octanol–water partition coefficient (Wildman–Crippen LogP) is 6.98. The summed E-state index contributed by atoms with van der Waals surface area (Å²) in [7, 11) is -2.37. The second-order valence-electron chi connectivity index (χ2n) is 16.1. The molecule has 2 aliphatic heterocycles. The summed E-state index contributed by atoms with van der Waals surface area (Å²) in [6, 6.07) is 25.1. The van der Waals surface area contributed by atoms with Gasteiger partial charge < -0.3 is 19.2 Å². The average molecular weight is 720 g/mol. The third-order valence-corrected chi connectivity index (χ3v) is 16.6. The van der Waals surface area contributed by atoms with Crippen LogP contribution in [0.15, 0.2) is 89.5 Å². The maximum atomic E-state index is 13.7. The molecule has 4 atom stereocenters. The summed E-state index contributed by atoms with van der Waals surface area (Å²) in [5.74, 6) is -1.30. The number of imide groups is 1. The Kier molecular flexibility index (Phi) is 11.2. The number of phenols is 1. The zero-order chi connectivity index (χ0) is 37.4. The van der Waals surface area contributed by atoms with Crippen LogP contribution in [-0.2, 0) is 18.7 Å². The Morgan fingerprint density at radius 3 is 2.12 bits per heavy atom. The van der Waals surface area contributed by atoms with Crippen LogP contribution in [0.2, 0.25) is 11.4 Å². The number of aryl methyl sites for hydroxylation is 2. The van der Waals surface area contributed by atoms with Crippen LogP contribution in [0.25, 0.3) is 6.08 Å². The standard InChI is InChI=1S/C43H54BNO6Si/c1-8-15-30(24-31-22-28(2)40(46)29(3)23-31)20-21-37-38-32(25-35-39(36(38)26-44(49)51-37)42(48)45(7)41(35)47)27-50-52(43(4,5)6,33-16-11-9-12-17-33)34-18-13-10-14-19-34/h9-14,16-19,22-24,35-37,39,46,49H,8,15,20-21,25-27H2,1-7H3/b30-24+/t35-,36+,37-,39-/m1/s1. The first-order chi connectivity index (χ1) is 24.8. The van der Waals surface area contributed by atoms with Crippen molar-refractivity contribution in [2.75, 3.05) is 13.7 Å². The van der Waals surface area contributed by atoms with E-state index in [4.69, 9.17) is 9.08 Å². The molecule has 3 aromatic rings. The van der Waals surface area contributed by atoms with Gasteiger partial charge in [-0.2, -0.15) is 0 Å². The third kappa shape index (κ3) is 7.13. The van der Waals surface area contributed by atoms with Crippen molar-refractivity contribution in [3.05, 3.63) is 106 Å². The number of amides is 2. The molecule has 3 aromatic carbocycles. The number of hydrogen-bond acceptors (Lipinski definition) is 6. The summed E-state index contributed by atoms with van der Waals surface area (Å²) in [5, 5.41) is 23.7. The predicted molar refractivity (Wildman–Crippen MR) is 211 cm³/mol. The molecule has 0 bridgehead atoms. The highest BCUT2D eigenvalue weighted by Gasteiger charge is 2.57. The molecule has 2 N–H and O–H groups in total. The van der Waals surface area contributed by atoms with Crippen LogP contribution in [0.4, 0.5) is 0 Å². The molecule has 0 saturated carbocycles. The number of likely N-dealkylation sites (tertiary alicyclic amines) is 1. The highest BCUT2D eigenvalue weighted by atomic mass is 28.4. The Morgan fingerprint density at radius 2 is 1.56 bits per heavy atom. The Bertz CT molecular complexity index is 1790. The van der Waals surface area contributed by atoms with Gasteiger partial charge in [-0.05, 0) is 107 Å². The molecule has 0 aromatic heterocycles. The number of fused-ring (bicyclic) bond motifs is 3. The van der Waals surface area contributed by atoms with Gasteiger partial charge in [-0.25, -0.2) is 0 Å². The van der Waals surface area contributed by atoms with Crippen LogP contribution in [0.1, 0.15) is 76.5 Å².